The fourth-order valence-electron chi connectivity index (χ4n) is 1.65. The number of hydrogen-bond acceptors (Lipinski definition) is 6. The van der Waals surface area contributed by atoms with E-state index in [-0.39, 0.29) is 24.2 Å². The summed E-state index contributed by atoms with van der Waals surface area (Å²) in [4.78, 5) is 26.4. The number of carboxylic acid groups (broad SMARTS) is 1. The Labute approximate surface area is 131 Å². The summed E-state index contributed by atoms with van der Waals surface area (Å²) in [5.74, 6) is -1.97. The monoisotopic (exact) mass is 346 g/mol. The average Bonchev–Trinajstić information content (AvgIpc) is 2.95. The molecule has 0 aliphatic rings. The van der Waals surface area contributed by atoms with Crippen molar-refractivity contribution < 1.29 is 27.9 Å². The Morgan fingerprint density at radius 2 is 2.04 bits per heavy atom. The third-order valence-corrected chi connectivity index (χ3v) is 3.51. The first kappa shape index (κ1) is 16.8. The maximum Gasteiger partial charge on any atom is 0.417 e. The van der Waals surface area contributed by atoms with Gasteiger partial charge in [0.05, 0.1) is 16.0 Å². The smallest absolute Gasteiger partial charge is 0.417 e. The van der Waals surface area contributed by atoms with Crippen LogP contribution in [-0.2, 0) is 12.6 Å². The van der Waals surface area contributed by atoms with E-state index in [0.29, 0.717) is 17.1 Å². The second-order valence-corrected chi connectivity index (χ2v) is 5.15. The number of nitrogens with zero attached hydrogens (tertiary/aromatic N) is 3. The molecule has 2 aromatic heterocycles. The average molecular weight is 346 g/mol. The molecule has 11 heteroatoms. The van der Waals surface area contributed by atoms with Gasteiger partial charge in [-0.15, -0.1) is 5.10 Å². The Kier molecular flexibility index (Phi) is 4.89. The Morgan fingerprint density at radius 1 is 1.30 bits per heavy atom. The molecular weight excluding hydrogens is 337 g/mol. The summed E-state index contributed by atoms with van der Waals surface area (Å²) in [6, 6.07) is 0.694. The van der Waals surface area contributed by atoms with Crippen LogP contribution in [0.25, 0.3) is 0 Å². The van der Waals surface area contributed by atoms with Crippen LogP contribution in [0.4, 0.5) is 13.2 Å². The zero-order valence-corrected chi connectivity index (χ0v) is 12.1. The number of rotatable bonds is 5. The number of pyridine rings is 1. The minimum absolute atomic E-state index is 0.0270. The van der Waals surface area contributed by atoms with E-state index in [1.807, 2.05) is 0 Å². The van der Waals surface area contributed by atoms with Gasteiger partial charge in [-0.2, -0.15) is 13.2 Å². The summed E-state index contributed by atoms with van der Waals surface area (Å²) in [6.45, 7) is 0.0270. The molecule has 2 aromatic rings. The summed E-state index contributed by atoms with van der Waals surface area (Å²) >= 11 is 0.877. The Balaban J connectivity index is 1.98. The summed E-state index contributed by atoms with van der Waals surface area (Å²) in [5.41, 5.74) is -1.46. The fraction of sp³-hybridized carbons (Fsp3) is 0.250. The lowest BCUT2D eigenvalue weighted by molar-refractivity contribution is -0.137. The van der Waals surface area contributed by atoms with E-state index in [1.165, 1.54) is 0 Å². The van der Waals surface area contributed by atoms with Crippen molar-refractivity contribution in [3.63, 3.8) is 0 Å². The summed E-state index contributed by atoms with van der Waals surface area (Å²) in [7, 11) is 0. The minimum Gasteiger partial charge on any atom is -0.476 e. The van der Waals surface area contributed by atoms with E-state index in [2.05, 4.69) is 19.9 Å². The maximum absolute atomic E-state index is 12.5. The van der Waals surface area contributed by atoms with E-state index in [9.17, 15) is 22.8 Å². The van der Waals surface area contributed by atoms with Crippen LogP contribution < -0.4 is 5.32 Å². The molecule has 0 bridgehead atoms. The first-order valence-electron chi connectivity index (χ1n) is 6.14. The second-order valence-electron chi connectivity index (χ2n) is 4.32. The molecular formula is C12H9F3N4O3S. The van der Waals surface area contributed by atoms with Crippen molar-refractivity contribution in [1.82, 2.24) is 19.9 Å². The van der Waals surface area contributed by atoms with E-state index >= 15 is 0 Å². The van der Waals surface area contributed by atoms with Gasteiger partial charge in [0.2, 0.25) is 0 Å². The number of alkyl halides is 3. The van der Waals surface area contributed by atoms with Crippen LogP contribution in [0.1, 0.15) is 31.3 Å². The van der Waals surface area contributed by atoms with Gasteiger partial charge in [0, 0.05) is 25.4 Å². The number of carbonyl (C=O) groups excluding carboxylic acids is 1. The van der Waals surface area contributed by atoms with Gasteiger partial charge in [-0.25, -0.2) is 4.79 Å². The van der Waals surface area contributed by atoms with Crippen molar-refractivity contribution in [2.75, 3.05) is 6.54 Å². The summed E-state index contributed by atoms with van der Waals surface area (Å²) in [5, 5.41) is 14.7. The molecule has 0 radical (unpaired) electrons. The standard InChI is InChI=1S/C12H9F3N4O3S/c13-12(14,15)7-3-6(4-16-5-7)10(20)17-2-1-8-9(11(21)22)18-19-23-8/h3-5H,1-2H2,(H,17,20)(H,21,22). The molecule has 0 unspecified atom stereocenters. The van der Waals surface area contributed by atoms with E-state index in [1.54, 1.807) is 0 Å². The van der Waals surface area contributed by atoms with Crippen molar-refractivity contribution in [3.8, 4) is 0 Å². The first-order chi connectivity index (χ1) is 10.8. The van der Waals surface area contributed by atoms with Crippen molar-refractivity contribution in [2.24, 2.45) is 0 Å². The molecule has 2 rings (SSSR count). The lowest BCUT2D eigenvalue weighted by atomic mass is 10.2. The van der Waals surface area contributed by atoms with Crippen LogP contribution >= 0.6 is 11.5 Å². The molecule has 2 heterocycles. The molecule has 122 valence electrons. The van der Waals surface area contributed by atoms with Gasteiger partial charge in [-0.3, -0.25) is 9.78 Å². The van der Waals surface area contributed by atoms with Crippen molar-refractivity contribution in [1.29, 1.82) is 0 Å². The van der Waals surface area contributed by atoms with Gasteiger partial charge < -0.3 is 10.4 Å². The van der Waals surface area contributed by atoms with Crippen LogP contribution in [0, 0.1) is 0 Å². The lowest BCUT2D eigenvalue weighted by Crippen LogP contribution is -2.26. The normalized spacial score (nSPS) is 11.3. The molecule has 0 fully saturated rings. The highest BCUT2D eigenvalue weighted by Gasteiger charge is 2.31. The van der Waals surface area contributed by atoms with Crippen LogP contribution in [-0.4, -0.2) is 38.1 Å². The van der Waals surface area contributed by atoms with Crippen molar-refractivity contribution in [3.05, 3.63) is 40.2 Å². The number of carboxylic acids is 1. The molecule has 1 amide bonds. The van der Waals surface area contributed by atoms with Crippen LogP contribution in [0.15, 0.2) is 18.5 Å². The Bertz CT molecular complexity index is 732. The fourth-order valence-corrected chi connectivity index (χ4v) is 2.28. The molecule has 0 aliphatic carbocycles. The molecule has 0 saturated carbocycles. The summed E-state index contributed by atoms with van der Waals surface area (Å²) < 4.78 is 41.1. The minimum atomic E-state index is -4.59. The van der Waals surface area contributed by atoms with E-state index in [4.69, 9.17) is 5.11 Å². The van der Waals surface area contributed by atoms with Gasteiger partial charge >= 0.3 is 12.1 Å². The van der Waals surface area contributed by atoms with Crippen LogP contribution in [0.3, 0.4) is 0 Å². The Morgan fingerprint density at radius 3 is 2.70 bits per heavy atom. The topological polar surface area (TPSA) is 105 Å². The number of hydrogen-bond donors (Lipinski definition) is 2. The van der Waals surface area contributed by atoms with E-state index in [0.717, 1.165) is 17.7 Å². The van der Waals surface area contributed by atoms with Gasteiger partial charge in [0.15, 0.2) is 5.69 Å². The number of carbonyl (C=O) groups is 2. The number of nitrogens with one attached hydrogen (secondary N) is 1. The van der Waals surface area contributed by atoms with Gasteiger partial charge in [-0.05, 0) is 17.6 Å². The quantitative estimate of drug-likeness (QED) is 0.852. The van der Waals surface area contributed by atoms with Crippen LogP contribution in [0.2, 0.25) is 0 Å². The number of aromatic carboxylic acids is 1. The van der Waals surface area contributed by atoms with Crippen molar-refractivity contribution >= 4 is 23.4 Å². The van der Waals surface area contributed by atoms with Gasteiger partial charge in [0.25, 0.3) is 5.91 Å². The predicted octanol–water partition coefficient (Wildman–Crippen LogP) is 1.62. The van der Waals surface area contributed by atoms with Gasteiger partial charge in [0.1, 0.15) is 0 Å². The molecule has 2 N–H and O–H groups in total. The molecule has 0 aliphatic heterocycles. The predicted molar refractivity (Wildman–Crippen MR) is 72.1 cm³/mol. The molecule has 0 aromatic carbocycles. The molecule has 0 spiro atoms. The largest absolute Gasteiger partial charge is 0.476 e. The molecule has 7 nitrogen and oxygen atoms in total. The highest BCUT2D eigenvalue weighted by Crippen LogP contribution is 2.28. The molecule has 23 heavy (non-hydrogen) atoms. The second kappa shape index (κ2) is 6.69. The highest BCUT2D eigenvalue weighted by molar-refractivity contribution is 7.05. The summed E-state index contributed by atoms with van der Waals surface area (Å²) in [6.07, 6.45) is -2.80. The number of aromatic nitrogens is 3. The van der Waals surface area contributed by atoms with E-state index < -0.39 is 23.6 Å². The third-order valence-electron chi connectivity index (χ3n) is 2.72. The zero-order chi connectivity index (χ0) is 17.0. The molecule has 0 atom stereocenters. The highest BCUT2D eigenvalue weighted by atomic mass is 32.1. The SMILES string of the molecule is O=C(NCCc1snnc1C(=O)O)c1cncc(C(F)(F)F)c1. The number of amides is 1. The Hall–Kier alpha value is -2.56. The third kappa shape index (κ3) is 4.22. The van der Waals surface area contributed by atoms with Gasteiger partial charge in [-0.1, -0.05) is 4.49 Å². The first-order valence-corrected chi connectivity index (χ1v) is 6.91. The zero-order valence-electron chi connectivity index (χ0n) is 11.3. The molecule has 0 saturated heterocycles. The lowest BCUT2D eigenvalue weighted by Gasteiger charge is -2.08. The number of halogens is 3. The van der Waals surface area contributed by atoms with Crippen molar-refractivity contribution in [2.45, 2.75) is 12.6 Å². The van der Waals surface area contributed by atoms with Crippen LogP contribution in [0.5, 0.6) is 0 Å². The maximum atomic E-state index is 12.5.